The SMILES string of the molecule is CCOc1ccc(/C=C/C(=O)NC(CC(=O)OC(C)C)c2ccc(OC)cc2)cc1OC. The van der Waals surface area contributed by atoms with Gasteiger partial charge in [0, 0.05) is 6.08 Å². The standard InChI is InChI=1S/C25H31NO6/c1-6-31-22-13-7-18(15-23(22)30-5)8-14-24(27)26-21(16-25(28)32-17(2)3)19-9-11-20(29-4)12-10-19/h7-15,17,21H,6,16H2,1-5H3,(H,26,27)/b14-8+. The van der Waals surface area contributed by atoms with Crippen LogP contribution in [0.3, 0.4) is 0 Å². The number of carbonyl (C=O) groups is 2. The molecule has 0 aliphatic carbocycles. The van der Waals surface area contributed by atoms with E-state index in [1.54, 1.807) is 58.4 Å². The topological polar surface area (TPSA) is 83.1 Å². The Morgan fingerprint density at radius 1 is 1.00 bits per heavy atom. The monoisotopic (exact) mass is 441 g/mol. The van der Waals surface area contributed by atoms with Gasteiger partial charge in [0.25, 0.3) is 0 Å². The first-order valence-electron chi connectivity index (χ1n) is 10.5. The van der Waals surface area contributed by atoms with Crippen molar-refractivity contribution in [2.75, 3.05) is 20.8 Å². The third-order valence-corrected chi connectivity index (χ3v) is 4.49. The summed E-state index contributed by atoms with van der Waals surface area (Å²) in [5.74, 6) is 1.19. The lowest BCUT2D eigenvalue weighted by atomic mass is 10.0. The molecule has 0 fully saturated rings. The van der Waals surface area contributed by atoms with Gasteiger partial charge < -0.3 is 24.3 Å². The van der Waals surface area contributed by atoms with Crippen LogP contribution in [-0.2, 0) is 14.3 Å². The second-order valence-corrected chi connectivity index (χ2v) is 7.25. The number of carbonyl (C=O) groups excluding carboxylic acids is 2. The molecule has 7 nitrogen and oxygen atoms in total. The van der Waals surface area contributed by atoms with Crippen LogP contribution in [0, 0.1) is 0 Å². The van der Waals surface area contributed by atoms with Gasteiger partial charge in [-0.1, -0.05) is 18.2 Å². The molecule has 1 amide bonds. The van der Waals surface area contributed by atoms with Crippen molar-refractivity contribution in [2.45, 2.75) is 39.3 Å². The number of rotatable bonds is 11. The maximum Gasteiger partial charge on any atom is 0.308 e. The lowest BCUT2D eigenvalue weighted by Crippen LogP contribution is -2.29. The number of esters is 1. The average molecular weight is 442 g/mol. The molecular weight excluding hydrogens is 410 g/mol. The van der Waals surface area contributed by atoms with Crippen molar-refractivity contribution in [3.8, 4) is 17.2 Å². The minimum absolute atomic E-state index is 0.0148. The van der Waals surface area contributed by atoms with E-state index < -0.39 is 6.04 Å². The zero-order chi connectivity index (χ0) is 23.5. The molecule has 1 unspecified atom stereocenters. The molecule has 0 saturated heterocycles. The molecule has 7 heteroatoms. The summed E-state index contributed by atoms with van der Waals surface area (Å²) in [7, 11) is 3.14. The van der Waals surface area contributed by atoms with Crippen molar-refractivity contribution in [1.29, 1.82) is 0 Å². The summed E-state index contributed by atoms with van der Waals surface area (Å²) in [5.41, 5.74) is 1.55. The molecule has 0 heterocycles. The van der Waals surface area contributed by atoms with Crippen molar-refractivity contribution in [2.24, 2.45) is 0 Å². The predicted octanol–water partition coefficient (Wildman–Crippen LogP) is 4.31. The Balaban J connectivity index is 2.15. The first-order valence-corrected chi connectivity index (χ1v) is 10.5. The van der Waals surface area contributed by atoms with Gasteiger partial charge in [-0.2, -0.15) is 0 Å². The summed E-state index contributed by atoms with van der Waals surface area (Å²) in [5, 5.41) is 2.88. The zero-order valence-corrected chi connectivity index (χ0v) is 19.2. The summed E-state index contributed by atoms with van der Waals surface area (Å²) in [6, 6.07) is 12.1. The highest BCUT2D eigenvalue weighted by Crippen LogP contribution is 2.28. The molecule has 0 aliphatic heterocycles. The van der Waals surface area contributed by atoms with Crippen LogP contribution >= 0.6 is 0 Å². The zero-order valence-electron chi connectivity index (χ0n) is 19.2. The fraction of sp³-hybridized carbons (Fsp3) is 0.360. The second-order valence-electron chi connectivity index (χ2n) is 7.25. The Bertz CT molecular complexity index is 921. The largest absolute Gasteiger partial charge is 0.497 e. The molecule has 172 valence electrons. The van der Waals surface area contributed by atoms with Crippen LogP contribution in [0.5, 0.6) is 17.2 Å². The highest BCUT2D eigenvalue weighted by molar-refractivity contribution is 5.92. The minimum Gasteiger partial charge on any atom is -0.497 e. The van der Waals surface area contributed by atoms with E-state index in [2.05, 4.69) is 5.32 Å². The van der Waals surface area contributed by atoms with Crippen molar-refractivity contribution in [3.63, 3.8) is 0 Å². The van der Waals surface area contributed by atoms with Crippen LogP contribution in [0.2, 0.25) is 0 Å². The van der Waals surface area contributed by atoms with E-state index in [1.807, 2.05) is 25.1 Å². The maximum atomic E-state index is 12.6. The summed E-state index contributed by atoms with van der Waals surface area (Å²) >= 11 is 0. The predicted molar refractivity (Wildman–Crippen MR) is 123 cm³/mol. The first-order chi connectivity index (χ1) is 15.4. The Kier molecular flexibility index (Phi) is 9.60. The van der Waals surface area contributed by atoms with Gasteiger partial charge in [0.2, 0.25) is 5.91 Å². The van der Waals surface area contributed by atoms with Gasteiger partial charge in [0.15, 0.2) is 11.5 Å². The van der Waals surface area contributed by atoms with E-state index in [0.717, 1.165) is 11.1 Å². The average Bonchev–Trinajstić information content (AvgIpc) is 2.77. The Morgan fingerprint density at radius 2 is 1.72 bits per heavy atom. The van der Waals surface area contributed by atoms with Crippen LogP contribution < -0.4 is 19.5 Å². The molecule has 0 aliphatic rings. The number of benzene rings is 2. The van der Waals surface area contributed by atoms with Gasteiger partial charge in [-0.15, -0.1) is 0 Å². The molecule has 2 aromatic carbocycles. The van der Waals surface area contributed by atoms with E-state index in [1.165, 1.54) is 6.08 Å². The van der Waals surface area contributed by atoms with Crippen molar-refractivity contribution in [3.05, 3.63) is 59.7 Å². The lowest BCUT2D eigenvalue weighted by Gasteiger charge is -2.19. The van der Waals surface area contributed by atoms with E-state index >= 15 is 0 Å². The van der Waals surface area contributed by atoms with Crippen molar-refractivity contribution in [1.82, 2.24) is 5.32 Å². The molecule has 0 aromatic heterocycles. The summed E-state index contributed by atoms with van der Waals surface area (Å²) in [6.45, 7) is 5.99. The van der Waals surface area contributed by atoms with Gasteiger partial charge in [0.05, 0.1) is 39.4 Å². The number of methoxy groups -OCH3 is 2. The van der Waals surface area contributed by atoms with Gasteiger partial charge in [-0.3, -0.25) is 9.59 Å². The molecule has 1 N–H and O–H groups in total. The smallest absolute Gasteiger partial charge is 0.308 e. The third-order valence-electron chi connectivity index (χ3n) is 4.49. The summed E-state index contributed by atoms with van der Waals surface area (Å²) in [6.07, 6.45) is 2.87. The second kappa shape index (κ2) is 12.4. The molecule has 0 bridgehead atoms. The Labute approximate surface area is 189 Å². The Hall–Kier alpha value is -3.48. The lowest BCUT2D eigenvalue weighted by molar-refractivity contribution is -0.148. The van der Waals surface area contributed by atoms with Crippen molar-refractivity contribution < 1.29 is 28.5 Å². The van der Waals surface area contributed by atoms with E-state index in [9.17, 15) is 9.59 Å². The molecule has 1 atom stereocenters. The number of amides is 1. The van der Waals surface area contributed by atoms with Gasteiger partial charge in [0.1, 0.15) is 5.75 Å². The van der Waals surface area contributed by atoms with Crippen LogP contribution in [0.4, 0.5) is 0 Å². The summed E-state index contributed by atoms with van der Waals surface area (Å²) < 4.78 is 21.3. The molecular formula is C25H31NO6. The van der Waals surface area contributed by atoms with E-state index in [-0.39, 0.29) is 24.4 Å². The fourth-order valence-electron chi connectivity index (χ4n) is 3.02. The molecule has 2 aromatic rings. The number of nitrogens with one attached hydrogen (secondary N) is 1. The highest BCUT2D eigenvalue weighted by atomic mass is 16.5. The molecule has 0 saturated carbocycles. The Morgan fingerprint density at radius 3 is 2.31 bits per heavy atom. The minimum atomic E-state index is -0.542. The molecule has 32 heavy (non-hydrogen) atoms. The van der Waals surface area contributed by atoms with Gasteiger partial charge in [-0.25, -0.2) is 0 Å². The molecule has 2 rings (SSSR count). The van der Waals surface area contributed by atoms with Crippen LogP contribution in [0.1, 0.15) is 44.4 Å². The van der Waals surface area contributed by atoms with Gasteiger partial charge in [-0.05, 0) is 62.2 Å². The quantitative estimate of drug-likeness (QED) is 0.413. The number of hydrogen-bond donors (Lipinski definition) is 1. The number of ether oxygens (including phenoxy) is 4. The number of hydrogen-bond acceptors (Lipinski definition) is 6. The van der Waals surface area contributed by atoms with E-state index in [0.29, 0.717) is 23.9 Å². The van der Waals surface area contributed by atoms with E-state index in [4.69, 9.17) is 18.9 Å². The molecule has 0 spiro atoms. The first kappa shape index (κ1) is 24.8. The van der Waals surface area contributed by atoms with Crippen molar-refractivity contribution >= 4 is 18.0 Å². The third kappa shape index (κ3) is 7.65. The van der Waals surface area contributed by atoms with Gasteiger partial charge >= 0.3 is 5.97 Å². The fourth-order valence-corrected chi connectivity index (χ4v) is 3.02. The normalized spacial score (nSPS) is 11.8. The summed E-state index contributed by atoms with van der Waals surface area (Å²) in [4.78, 5) is 24.9. The molecule has 0 radical (unpaired) electrons. The highest BCUT2D eigenvalue weighted by Gasteiger charge is 2.19. The van der Waals surface area contributed by atoms with Crippen LogP contribution in [0.15, 0.2) is 48.5 Å². The maximum absolute atomic E-state index is 12.6. The van der Waals surface area contributed by atoms with Crippen LogP contribution in [-0.4, -0.2) is 38.8 Å². The van der Waals surface area contributed by atoms with Crippen LogP contribution in [0.25, 0.3) is 6.08 Å².